The lowest BCUT2D eigenvalue weighted by Gasteiger charge is -2.17. The molecule has 4 nitrogen and oxygen atoms in total. The molecule has 0 saturated heterocycles. The van der Waals surface area contributed by atoms with Gasteiger partial charge in [-0.15, -0.1) is 0 Å². The van der Waals surface area contributed by atoms with E-state index >= 15 is 0 Å². The second-order valence-corrected chi connectivity index (χ2v) is 3.91. The van der Waals surface area contributed by atoms with Gasteiger partial charge < -0.3 is 11.5 Å². The summed E-state index contributed by atoms with van der Waals surface area (Å²) in [6, 6.07) is 3.46. The Morgan fingerprint density at radius 1 is 1.12 bits per heavy atom. The van der Waals surface area contributed by atoms with E-state index in [0.29, 0.717) is 5.69 Å². The van der Waals surface area contributed by atoms with Crippen LogP contribution in [0.25, 0.3) is 0 Å². The fourth-order valence-corrected chi connectivity index (χ4v) is 1.88. The average molecular weight is 228 g/mol. The highest BCUT2D eigenvalue weighted by atomic mass is 14.7. The number of aryl methyl sites for hydroxylation is 1. The van der Waals surface area contributed by atoms with Crippen LogP contribution in [0, 0.1) is 0 Å². The quantitative estimate of drug-likeness (QED) is 0.837. The number of pyridine rings is 2. The van der Waals surface area contributed by atoms with Crippen molar-refractivity contribution in [2.75, 3.05) is 5.73 Å². The summed E-state index contributed by atoms with van der Waals surface area (Å²) in [7, 11) is 0. The van der Waals surface area contributed by atoms with Crippen LogP contribution in [0.2, 0.25) is 0 Å². The van der Waals surface area contributed by atoms with E-state index in [4.69, 9.17) is 11.5 Å². The van der Waals surface area contributed by atoms with Gasteiger partial charge in [0.05, 0.1) is 6.04 Å². The molecule has 0 aliphatic rings. The van der Waals surface area contributed by atoms with Crippen molar-refractivity contribution in [3.8, 4) is 0 Å². The van der Waals surface area contributed by atoms with Gasteiger partial charge in [-0.25, -0.2) is 0 Å². The summed E-state index contributed by atoms with van der Waals surface area (Å²) in [6.07, 6.45) is 7.89. The molecule has 2 heterocycles. The largest absolute Gasteiger partial charge is 0.398 e. The van der Waals surface area contributed by atoms with Gasteiger partial charge in [-0.05, 0) is 29.7 Å². The Bertz CT molecular complexity index is 510. The predicted molar refractivity (Wildman–Crippen MR) is 68.3 cm³/mol. The summed E-state index contributed by atoms with van der Waals surface area (Å²) >= 11 is 0. The Kier molecular flexibility index (Phi) is 3.35. The Morgan fingerprint density at radius 2 is 1.82 bits per heavy atom. The van der Waals surface area contributed by atoms with Crippen molar-refractivity contribution in [1.82, 2.24) is 9.97 Å². The summed E-state index contributed by atoms with van der Waals surface area (Å²) in [4.78, 5) is 8.18. The number of aromatic nitrogens is 2. The molecule has 1 unspecified atom stereocenters. The van der Waals surface area contributed by atoms with E-state index in [9.17, 15) is 0 Å². The Labute approximate surface area is 101 Å². The first kappa shape index (κ1) is 11.5. The zero-order chi connectivity index (χ0) is 12.3. The van der Waals surface area contributed by atoms with Crippen molar-refractivity contribution in [2.45, 2.75) is 19.4 Å². The van der Waals surface area contributed by atoms with E-state index in [1.54, 1.807) is 24.7 Å². The molecule has 0 spiro atoms. The molecule has 0 aliphatic heterocycles. The van der Waals surface area contributed by atoms with E-state index in [-0.39, 0.29) is 6.04 Å². The molecule has 88 valence electrons. The number of nitrogen functional groups attached to an aromatic ring is 1. The Hall–Kier alpha value is -1.94. The molecule has 1 atom stereocenters. The maximum absolute atomic E-state index is 6.25. The zero-order valence-corrected chi connectivity index (χ0v) is 9.80. The predicted octanol–water partition coefficient (Wildman–Crippen LogP) is 1.67. The molecule has 0 bridgehead atoms. The van der Waals surface area contributed by atoms with Crippen LogP contribution in [0.5, 0.6) is 0 Å². The molecule has 4 N–H and O–H groups in total. The van der Waals surface area contributed by atoms with Crippen LogP contribution in [0.1, 0.15) is 29.7 Å². The third-order valence-corrected chi connectivity index (χ3v) is 2.88. The summed E-state index contributed by atoms with van der Waals surface area (Å²) in [5, 5.41) is 0. The zero-order valence-electron chi connectivity index (χ0n) is 9.80. The number of hydrogen-bond donors (Lipinski definition) is 2. The van der Waals surface area contributed by atoms with Crippen LogP contribution in [0.3, 0.4) is 0 Å². The molecule has 0 aromatic carbocycles. The minimum absolute atomic E-state index is 0.248. The highest BCUT2D eigenvalue weighted by Crippen LogP contribution is 2.25. The summed E-state index contributed by atoms with van der Waals surface area (Å²) in [6.45, 7) is 2.08. The molecule has 0 saturated carbocycles. The average Bonchev–Trinajstić information content (AvgIpc) is 2.38. The highest BCUT2D eigenvalue weighted by molar-refractivity contribution is 5.50. The molecule has 0 fully saturated rings. The summed E-state index contributed by atoms with van der Waals surface area (Å²) < 4.78 is 0. The first-order valence-corrected chi connectivity index (χ1v) is 5.61. The van der Waals surface area contributed by atoms with Gasteiger partial charge in [-0.2, -0.15) is 0 Å². The van der Waals surface area contributed by atoms with Gasteiger partial charge in [-0.3, -0.25) is 9.97 Å². The van der Waals surface area contributed by atoms with Gasteiger partial charge >= 0.3 is 0 Å². The molecular weight excluding hydrogens is 212 g/mol. The Morgan fingerprint density at radius 3 is 2.53 bits per heavy atom. The number of hydrogen-bond acceptors (Lipinski definition) is 4. The van der Waals surface area contributed by atoms with E-state index in [2.05, 4.69) is 16.9 Å². The third-order valence-electron chi connectivity index (χ3n) is 2.88. The standard InChI is InChI=1S/C13H16N4/c1-2-9-7-16-5-3-10(9)13(15)11-8-17-6-4-12(11)14/h3-8,13H,2,15H2,1H3,(H2,14,17). The normalized spacial score (nSPS) is 12.4. The van der Waals surface area contributed by atoms with E-state index < -0.39 is 0 Å². The van der Waals surface area contributed by atoms with Crippen molar-refractivity contribution in [3.63, 3.8) is 0 Å². The topological polar surface area (TPSA) is 77.8 Å². The number of anilines is 1. The second-order valence-electron chi connectivity index (χ2n) is 3.91. The molecule has 17 heavy (non-hydrogen) atoms. The van der Waals surface area contributed by atoms with Gasteiger partial charge in [0.2, 0.25) is 0 Å². The van der Waals surface area contributed by atoms with Crippen LogP contribution in [0.4, 0.5) is 5.69 Å². The molecule has 0 radical (unpaired) electrons. The van der Waals surface area contributed by atoms with Crippen molar-refractivity contribution in [3.05, 3.63) is 53.6 Å². The second kappa shape index (κ2) is 4.93. The lowest BCUT2D eigenvalue weighted by atomic mass is 9.96. The first-order valence-electron chi connectivity index (χ1n) is 5.61. The van der Waals surface area contributed by atoms with Crippen LogP contribution in [-0.2, 0) is 6.42 Å². The minimum Gasteiger partial charge on any atom is -0.398 e. The SMILES string of the molecule is CCc1cnccc1C(N)c1cnccc1N. The van der Waals surface area contributed by atoms with E-state index in [1.165, 1.54) is 0 Å². The van der Waals surface area contributed by atoms with Gasteiger partial charge in [0.1, 0.15) is 0 Å². The number of rotatable bonds is 3. The summed E-state index contributed by atoms with van der Waals surface area (Å²) in [5.41, 5.74) is 15.9. The lowest BCUT2D eigenvalue weighted by Crippen LogP contribution is -2.16. The summed E-state index contributed by atoms with van der Waals surface area (Å²) in [5.74, 6) is 0. The molecule has 2 aromatic heterocycles. The van der Waals surface area contributed by atoms with Crippen LogP contribution in [0.15, 0.2) is 36.9 Å². The maximum Gasteiger partial charge on any atom is 0.0591 e. The highest BCUT2D eigenvalue weighted by Gasteiger charge is 2.14. The fourth-order valence-electron chi connectivity index (χ4n) is 1.88. The van der Waals surface area contributed by atoms with Crippen molar-refractivity contribution in [2.24, 2.45) is 5.73 Å². The van der Waals surface area contributed by atoms with Crippen LogP contribution >= 0.6 is 0 Å². The van der Waals surface area contributed by atoms with Crippen molar-refractivity contribution in [1.29, 1.82) is 0 Å². The molecule has 2 rings (SSSR count). The fraction of sp³-hybridized carbons (Fsp3) is 0.231. The molecule has 4 heteroatoms. The molecule has 2 aromatic rings. The van der Waals surface area contributed by atoms with Gasteiger partial charge in [0.15, 0.2) is 0 Å². The van der Waals surface area contributed by atoms with Crippen LogP contribution in [-0.4, -0.2) is 9.97 Å². The van der Waals surface area contributed by atoms with Crippen LogP contribution < -0.4 is 11.5 Å². The Balaban J connectivity index is 2.44. The molecular formula is C13H16N4. The first-order chi connectivity index (χ1) is 8.24. The third kappa shape index (κ3) is 2.26. The molecule has 0 aliphatic carbocycles. The molecule has 0 amide bonds. The number of nitrogens with two attached hydrogens (primary N) is 2. The van der Waals surface area contributed by atoms with Gasteiger partial charge in [-0.1, -0.05) is 6.92 Å². The maximum atomic E-state index is 6.25. The van der Waals surface area contributed by atoms with Gasteiger partial charge in [0, 0.05) is 36.0 Å². The van der Waals surface area contributed by atoms with E-state index in [0.717, 1.165) is 23.1 Å². The monoisotopic (exact) mass is 228 g/mol. The van der Waals surface area contributed by atoms with Gasteiger partial charge in [0.25, 0.3) is 0 Å². The van der Waals surface area contributed by atoms with Crippen molar-refractivity contribution < 1.29 is 0 Å². The number of nitrogens with zero attached hydrogens (tertiary/aromatic N) is 2. The smallest absolute Gasteiger partial charge is 0.0591 e. The van der Waals surface area contributed by atoms with Crippen molar-refractivity contribution >= 4 is 5.69 Å². The minimum atomic E-state index is -0.248. The van der Waals surface area contributed by atoms with E-state index in [1.807, 2.05) is 12.3 Å². The lowest BCUT2D eigenvalue weighted by molar-refractivity contribution is 0.840.